The molecule has 1 fully saturated rings. The summed E-state index contributed by atoms with van der Waals surface area (Å²) in [4.78, 5) is 4.23. The lowest BCUT2D eigenvalue weighted by atomic mass is 9.97. The van der Waals surface area contributed by atoms with E-state index in [2.05, 4.69) is 66.9 Å². The molecular formula is C23H33BrN2O3SSi. The van der Waals surface area contributed by atoms with Gasteiger partial charge in [-0.15, -0.1) is 0 Å². The second-order valence-electron chi connectivity index (χ2n) is 9.78. The molecule has 8 heteroatoms. The number of benzene rings is 1. The van der Waals surface area contributed by atoms with Crippen LogP contribution in [-0.4, -0.2) is 43.9 Å². The first-order chi connectivity index (χ1) is 14.5. The van der Waals surface area contributed by atoms with Crippen molar-refractivity contribution >= 4 is 34.3 Å². The Balaban J connectivity index is 1.81. The zero-order valence-electron chi connectivity index (χ0n) is 19.0. The van der Waals surface area contributed by atoms with Crippen LogP contribution in [0, 0.1) is 0 Å². The van der Waals surface area contributed by atoms with Gasteiger partial charge in [-0.2, -0.15) is 4.31 Å². The van der Waals surface area contributed by atoms with Crippen molar-refractivity contribution in [3.8, 4) is 0 Å². The van der Waals surface area contributed by atoms with Gasteiger partial charge in [-0.25, -0.2) is 13.4 Å². The lowest BCUT2D eigenvalue weighted by molar-refractivity contribution is 0.276. The summed E-state index contributed by atoms with van der Waals surface area (Å²) in [6.45, 7) is 11.8. The third-order valence-corrected chi connectivity index (χ3v) is 13.6. The van der Waals surface area contributed by atoms with Crippen molar-refractivity contribution in [1.29, 1.82) is 0 Å². The maximum atomic E-state index is 13.5. The van der Waals surface area contributed by atoms with Crippen LogP contribution in [0.15, 0.2) is 53.7 Å². The second kappa shape index (κ2) is 9.43. The lowest BCUT2D eigenvalue weighted by Gasteiger charge is -2.36. The zero-order valence-corrected chi connectivity index (χ0v) is 22.4. The van der Waals surface area contributed by atoms with E-state index in [4.69, 9.17) is 4.43 Å². The molecule has 0 unspecified atom stereocenters. The molecule has 0 spiro atoms. The van der Waals surface area contributed by atoms with Gasteiger partial charge < -0.3 is 4.43 Å². The molecule has 1 aliphatic rings. The fourth-order valence-corrected chi connectivity index (χ4v) is 7.00. The number of aromatic nitrogens is 1. The Hall–Kier alpha value is -1.06. The van der Waals surface area contributed by atoms with Crippen LogP contribution >= 0.6 is 15.9 Å². The third kappa shape index (κ3) is 5.47. The highest BCUT2D eigenvalue weighted by Crippen LogP contribution is 2.38. The van der Waals surface area contributed by atoms with Crippen LogP contribution < -0.4 is 0 Å². The summed E-state index contributed by atoms with van der Waals surface area (Å²) in [5.74, 6) is 0.184. The molecule has 31 heavy (non-hydrogen) atoms. The topological polar surface area (TPSA) is 59.5 Å². The molecule has 2 heterocycles. The smallest absolute Gasteiger partial charge is 0.260 e. The van der Waals surface area contributed by atoms with Crippen molar-refractivity contribution in [2.24, 2.45) is 0 Å². The molecule has 0 N–H and O–H groups in total. The average Bonchev–Trinajstić information content (AvgIpc) is 3.18. The molecule has 1 aromatic carbocycles. The monoisotopic (exact) mass is 524 g/mol. The molecule has 1 aliphatic heterocycles. The van der Waals surface area contributed by atoms with Crippen LogP contribution in [-0.2, 0) is 21.1 Å². The fraction of sp³-hybridized carbons (Fsp3) is 0.522. The van der Waals surface area contributed by atoms with Crippen molar-refractivity contribution in [3.63, 3.8) is 0 Å². The SMILES string of the molecule is CC(C)(C)[Si](C)(C)OCc1ccnc(S(=O)(=O)N2C[C@@H](c3ccccc3)C[C@H]2CBr)c1. The molecular weight excluding hydrogens is 492 g/mol. The van der Waals surface area contributed by atoms with Crippen LogP contribution in [0.2, 0.25) is 18.1 Å². The molecule has 1 aromatic heterocycles. The van der Waals surface area contributed by atoms with Crippen LogP contribution in [0.1, 0.15) is 44.2 Å². The number of nitrogens with zero attached hydrogens (tertiary/aromatic N) is 2. The van der Waals surface area contributed by atoms with E-state index < -0.39 is 18.3 Å². The maximum absolute atomic E-state index is 13.5. The maximum Gasteiger partial charge on any atom is 0.260 e. The van der Waals surface area contributed by atoms with E-state index in [1.807, 2.05) is 24.3 Å². The molecule has 0 saturated carbocycles. The Kier molecular flexibility index (Phi) is 7.48. The van der Waals surface area contributed by atoms with Gasteiger partial charge in [-0.3, -0.25) is 0 Å². The summed E-state index contributed by atoms with van der Waals surface area (Å²) in [5.41, 5.74) is 2.02. The van der Waals surface area contributed by atoms with Crippen molar-refractivity contribution < 1.29 is 12.8 Å². The van der Waals surface area contributed by atoms with E-state index in [0.717, 1.165) is 12.0 Å². The van der Waals surface area contributed by atoms with Gasteiger partial charge in [-0.05, 0) is 53.7 Å². The summed E-state index contributed by atoms with van der Waals surface area (Å²) in [6.07, 6.45) is 2.37. The van der Waals surface area contributed by atoms with Crippen molar-refractivity contribution in [1.82, 2.24) is 9.29 Å². The quantitative estimate of drug-likeness (QED) is 0.352. The molecule has 170 valence electrons. The molecule has 2 aromatic rings. The Bertz CT molecular complexity index is 993. The summed E-state index contributed by atoms with van der Waals surface area (Å²) in [5, 5.41) is 0.799. The first kappa shape index (κ1) is 24.6. The van der Waals surface area contributed by atoms with Gasteiger partial charge in [0, 0.05) is 24.1 Å². The average molecular weight is 526 g/mol. The number of pyridine rings is 1. The third-order valence-electron chi connectivity index (χ3n) is 6.59. The minimum Gasteiger partial charge on any atom is -0.413 e. The van der Waals surface area contributed by atoms with E-state index >= 15 is 0 Å². The number of alkyl halides is 1. The summed E-state index contributed by atoms with van der Waals surface area (Å²) < 4.78 is 34.9. The molecule has 0 radical (unpaired) electrons. The highest BCUT2D eigenvalue weighted by atomic mass is 79.9. The van der Waals surface area contributed by atoms with Crippen molar-refractivity contribution in [2.75, 3.05) is 11.9 Å². The molecule has 0 bridgehead atoms. The van der Waals surface area contributed by atoms with Crippen LogP contribution in [0.4, 0.5) is 0 Å². The van der Waals surface area contributed by atoms with Gasteiger partial charge >= 0.3 is 0 Å². The second-order valence-corrected chi connectivity index (χ2v) is 17.1. The van der Waals surface area contributed by atoms with E-state index in [0.29, 0.717) is 18.5 Å². The van der Waals surface area contributed by atoms with Crippen molar-refractivity contribution in [2.45, 2.75) is 68.9 Å². The summed E-state index contributed by atoms with van der Waals surface area (Å²) in [6, 6.07) is 13.5. The minimum atomic E-state index is -3.70. The van der Waals surface area contributed by atoms with E-state index in [1.165, 1.54) is 5.56 Å². The highest BCUT2D eigenvalue weighted by Gasteiger charge is 2.41. The van der Waals surface area contributed by atoms with Gasteiger partial charge in [0.2, 0.25) is 0 Å². The molecule has 0 amide bonds. The van der Waals surface area contributed by atoms with E-state index in [1.54, 1.807) is 16.6 Å². The summed E-state index contributed by atoms with van der Waals surface area (Å²) >= 11 is 3.52. The van der Waals surface area contributed by atoms with E-state index in [-0.39, 0.29) is 22.0 Å². The number of hydrogen-bond acceptors (Lipinski definition) is 4. The number of hydrogen-bond donors (Lipinski definition) is 0. The largest absolute Gasteiger partial charge is 0.413 e. The summed E-state index contributed by atoms with van der Waals surface area (Å²) in [7, 11) is -5.62. The first-order valence-corrected chi connectivity index (χ1v) is 16.1. The Morgan fingerprint density at radius 3 is 2.48 bits per heavy atom. The number of sulfonamides is 1. The van der Waals surface area contributed by atoms with E-state index in [9.17, 15) is 8.42 Å². The molecule has 2 atom stereocenters. The molecule has 0 aliphatic carbocycles. The standard InChI is InChI=1S/C23H33BrN2O3SSi/c1-23(2,3)31(4,5)29-17-18-11-12-25-22(13-18)30(27,28)26-16-20(14-21(26)15-24)19-9-7-6-8-10-19/h6-13,20-21H,14-17H2,1-5H3/t20-,21-/m0/s1. The Labute approximate surface area is 196 Å². The predicted molar refractivity (Wildman–Crippen MR) is 131 cm³/mol. The normalized spacial score (nSPS) is 20.8. The predicted octanol–water partition coefficient (Wildman–Crippen LogP) is 5.55. The number of rotatable bonds is 7. The molecule has 1 saturated heterocycles. The van der Waals surface area contributed by atoms with Gasteiger partial charge in [0.1, 0.15) is 0 Å². The first-order valence-electron chi connectivity index (χ1n) is 10.7. The number of halogens is 1. The Morgan fingerprint density at radius 1 is 1.19 bits per heavy atom. The van der Waals surface area contributed by atoms with Crippen LogP contribution in [0.25, 0.3) is 0 Å². The highest BCUT2D eigenvalue weighted by molar-refractivity contribution is 9.09. The minimum absolute atomic E-state index is 0.0934. The Morgan fingerprint density at radius 2 is 1.87 bits per heavy atom. The van der Waals surface area contributed by atoms with Crippen LogP contribution in [0.3, 0.4) is 0 Å². The lowest BCUT2D eigenvalue weighted by Crippen LogP contribution is -2.40. The molecule has 3 rings (SSSR count). The van der Waals surface area contributed by atoms with Gasteiger partial charge in [0.25, 0.3) is 10.0 Å². The zero-order chi connectivity index (χ0) is 22.9. The van der Waals surface area contributed by atoms with Gasteiger partial charge in [0.15, 0.2) is 13.3 Å². The van der Waals surface area contributed by atoms with Crippen molar-refractivity contribution in [3.05, 3.63) is 59.8 Å². The molecule has 5 nitrogen and oxygen atoms in total. The fourth-order valence-electron chi connectivity index (χ4n) is 3.57. The van der Waals surface area contributed by atoms with Gasteiger partial charge in [0.05, 0.1) is 6.61 Å². The van der Waals surface area contributed by atoms with Gasteiger partial charge in [-0.1, -0.05) is 67.0 Å². The van der Waals surface area contributed by atoms with Crippen LogP contribution in [0.5, 0.6) is 0 Å².